The average Bonchev–Trinajstić information content (AvgIpc) is 3.47. The Labute approximate surface area is 246 Å². The van der Waals surface area contributed by atoms with Crippen LogP contribution in [-0.2, 0) is 0 Å². The molecule has 1 nitrogen and oxygen atoms in total. The van der Waals surface area contributed by atoms with E-state index in [1.165, 1.54) is 0 Å². The van der Waals surface area contributed by atoms with Gasteiger partial charge in [-0.2, -0.15) is 0 Å². The molecule has 0 aliphatic rings. The van der Waals surface area contributed by atoms with Crippen LogP contribution in [0.3, 0.4) is 0 Å². The highest BCUT2D eigenvalue weighted by Gasteiger charge is 2.20. The van der Waals surface area contributed by atoms with Crippen molar-refractivity contribution in [3.63, 3.8) is 0 Å². The Hall–Kier alpha value is -5.40. The first kappa shape index (κ1) is 16.6. The molecule has 0 saturated carbocycles. The Bertz CT molecular complexity index is 2810. The lowest BCUT2D eigenvalue weighted by Gasteiger charge is -2.18. The lowest BCUT2D eigenvalue weighted by Crippen LogP contribution is -1.91. The van der Waals surface area contributed by atoms with Crippen molar-refractivity contribution in [2.24, 2.45) is 0 Å². The second-order valence-corrected chi connectivity index (χ2v) is 10.3. The maximum atomic E-state index is 9.35. The van der Waals surface area contributed by atoms with Gasteiger partial charge in [0.25, 0.3) is 0 Å². The molecule has 0 radical (unpaired) electrons. The molecule has 8 aromatic carbocycles. The van der Waals surface area contributed by atoms with Crippen molar-refractivity contribution in [3.8, 4) is 22.3 Å². The van der Waals surface area contributed by atoms with E-state index in [1.54, 1.807) is 0 Å². The monoisotopic (exact) mass is 527 g/mol. The molecule has 0 N–H and O–H groups in total. The summed E-state index contributed by atoms with van der Waals surface area (Å²) in [6.07, 6.45) is 0. The van der Waals surface area contributed by atoms with E-state index in [-0.39, 0.29) is 40.5 Å². The second-order valence-electron chi connectivity index (χ2n) is 10.3. The van der Waals surface area contributed by atoms with Crippen molar-refractivity contribution in [3.05, 3.63) is 145 Å². The fraction of sp³-hybridized carbons (Fsp3) is 0. The summed E-state index contributed by atoms with van der Waals surface area (Å²) in [6.45, 7) is 0. The fourth-order valence-electron chi connectivity index (χ4n) is 6.27. The third-order valence-corrected chi connectivity index (χ3v) is 8.07. The van der Waals surface area contributed by atoms with Crippen LogP contribution in [-0.4, -0.2) is 0 Å². The van der Waals surface area contributed by atoms with Gasteiger partial charge >= 0.3 is 0 Å². The minimum atomic E-state index is -0.485. The van der Waals surface area contributed by atoms with Crippen LogP contribution in [0.25, 0.3) is 87.3 Å². The van der Waals surface area contributed by atoms with E-state index < -0.39 is 18.1 Å². The Morgan fingerprint density at radius 1 is 0.463 bits per heavy atom. The van der Waals surface area contributed by atoms with Crippen molar-refractivity contribution in [1.82, 2.24) is 0 Å². The van der Waals surface area contributed by atoms with Crippen LogP contribution in [0.5, 0.6) is 0 Å². The number of fused-ring (bicyclic) bond motifs is 7. The second kappa shape index (κ2) is 8.55. The molecule has 0 fully saturated rings. The predicted molar refractivity (Wildman–Crippen MR) is 175 cm³/mol. The van der Waals surface area contributed by atoms with Crippen molar-refractivity contribution in [2.45, 2.75) is 0 Å². The van der Waals surface area contributed by atoms with E-state index in [0.29, 0.717) is 5.56 Å². The van der Waals surface area contributed by atoms with Gasteiger partial charge in [0.05, 0.1) is 9.60 Å². The molecule has 9 rings (SSSR count). The van der Waals surface area contributed by atoms with E-state index in [4.69, 9.17) is 11.3 Å². The zero-order valence-electron chi connectivity index (χ0n) is 28.7. The Kier molecular flexibility index (Phi) is 3.47. The van der Waals surface area contributed by atoms with Crippen molar-refractivity contribution in [1.29, 1.82) is 0 Å². The van der Waals surface area contributed by atoms with Gasteiger partial charge in [0, 0.05) is 21.9 Å². The maximum Gasteiger partial charge on any atom is 0.143 e. The van der Waals surface area contributed by atoms with Gasteiger partial charge in [0.1, 0.15) is 11.2 Å². The summed E-state index contributed by atoms with van der Waals surface area (Å²) in [4.78, 5) is 0. The van der Waals surface area contributed by atoms with Gasteiger partial charge in [-0.05, 0) is 72.4 Å². The molecular formula is C40H24O. The maximum absolute atomic E-state index is 9.35. The predicted octanol–water partition coefficient (Wildman–Crippen LogP) is 11.5. The molecule has 0 bridgehead atoms. The van der Waals surface area contributed by atoms with Gasteiger partial charge in [-0.25, -0.2) is 0 Å². The third-order valence-electron chi connectivity index (χ3n) is 8.07. The molecule has 0 saturated heterocycles. The number of rotatable bonds is 2. The Morgan fingerprint density at radius 3 is 1.80 bits per heavy atom. The summed E-state index contributed by atoms with van der Waals surface area (Å²) >= 11 is 0. The number of benzene rings is 8. The first-order valence-corrected chi connectivity index (χ1v) is 13.5. The average molecular weight is 528 g/mol. The molecule has 0 aliphatic heterocycles. The van der Waals surface area contributed by atoms with E-state index in [9.17, 15) is 2.74 Å². The van der Waals surface area contributed by atoms with Gasteiger partial charge in [-0.15, -0.1) is 0 Å². The highest BCUT2D eigenvalue weighted by atomic mass is 16.3. The van der Waals surface area contributed by atoms with Crippen LogP contribution in [0.2, 0.25) is 0 Å². The van der Waals surface area contributed by atoms with Crippen molar-refractivity contribution < 1.29 is 14.0 Å². The van der Waals surface area contributed by atoms with E-state index in [0.717, 1.165) is 65.4 Å². The Morgan fingerprint density at radius 2 is 1.07 bits per heavy atom. The molecular weight excluding hydrogens is 496 g/mol. The summed E-state index contributed by atoms with van der Waals surface area (Å²) in [5.74, 6) is 0. The van der Waals surface area contributed by atoms with Crippen LogP contribution < -0.4 is 0 Å². The fourth-order valence-corrected chi connectivity index (χ4v) is 6.27. The van der Waals surface area contributed by atoms with E-state index in [2.05, 4.69) is 36.4 Å². The molecule has 0 unspecified atom stereocenters. The number of hydrogen-bond donors (Lipinski definition) is 0. The summed E-state index contributed by atoms with van der Waals surface area (Å²) in [5.41, 5.74) is 4.12. The highest BCUT2D eigenvalue weighted by Crippen LogP contribution is 2.46. The normalized spacial score (nSPS) is 14.3. The van der Waals surface area contributed by atoms with E-state index in [1.807, 2.05) is 66.7 Å². The molecule has 1 heterocycles. The van der Waals surface area contributed by atoms with Crippen LogP contribution in [0, 0.1) is 0 Å². The molecule has 9 aromatic rings. The quantitative estimate of drug-likeness (QED) is 0.204. The van der Waals surface area contributed by atoms with Crippen LogP contribution >= 0.6 is 0 Å². The van der Waals surface area contributed by atoms with Gasteiger partial charge in [0.15, 0.2) is 0 Å². The van der Waals surface area contributed by atoms with Gasteiger partial charge in [-0.3, -0.25) is 0 Å². The van der Waals surface area contributed by atoms with Gasteiger partial charge < -0.3 is 4.42 Å². The molecule has 0 atom stereocenters. The summed E-state index contributed by atoms with van der Waals surface area (Å²) in [7, 11) is 0. The summed E-state index contributed by atoms with van der Waals surface area (Å²) < 4.78 is 67.7. The molecule has 1 aromatic heterocycles. The van der Waals surface area contributed by atoms with E-state index >= 15 is 0 Å². The van der Waals surface area contributed by atoms with Crippen LogP contribution in [0.15, 0.2) is 150 Å². The largest absolute Gasteiger partial charge is 0.455 e. The standard InChI is InChI=1S/C40H24O/c1-2-11-26-22-29(21-20-25(26)10-1)38-30-14-5-7-16-32(30)39(33-17-8-6-15-31(33)38)35-19-9-18-34-36-23-27-12-3-4-13-28(27)24-37(36)41-40(34)35/h1-24H/i1D,2D,10D,11D,20D,21D,22D. The first-order chi connectivity index (χ1) is 23.3. The lowest BCUT2D eigenvalue weighted by atomic mass is 9.85. The number of furan rings is 1. The minimum Gasteiger partial charge on any atom is -0.455 e. The minimum absolute atomic E-state index is 0.0614. The highest BCUT2D eigenvalue weighted by molar-refractivity contribution is 6.24. The topological polar surface area (TPSA) is 13.1 Å². The number of hydrogen-bond acceptors (Lipinski definition) is 1. The molecule has 1 heteroatoms. The zero-order valence-corrected chi connectivity index (χ0v) is 21.7. The SMILES string of the molecule is [2H]c1c([2H])c([2H])c2c([2H])c(-c3c4ccccc4c(-c4cccc5c4oc4cc6ccccc6cc45)c4ccccc34)c([2H])c([2H])c2c1[2H]. The first-order valence-electron chi connectivity index (χ1n) is 17.0. The molecule has 41 heavy (non-hydrogen) atoms. The molecule has 190 valence electrons. The summed E-state index contributed by atoms with van der Waals surface area (Å²) in [6, 6.07) is 31.7. The lowest BCUT2D eigenvalue weighted by molar-refractivity contribution is 0.670. The molecule has 0 amide bonds. The van der Waals surface area contributed by atoms with Crippen LogP contribution in [0.1, 0.15) is 9.60 Å². The Balaban J connectivity index is 1.43. The third kappa shape index (κ3) is 3.30. The molecule has 0 spiro atoms. The van der Waals surface area contributed by atoms with Crippen molar-refractivity contribution in [2.75, 3.05) is 0 Å². The molecule has 0 aliphatic carbocycles. The van der Waals surface area contributed by atoms with Crippen molar-refractivity contribution >= 4 is 65.0 Å². The number of para-hydroxylation sites is 1. The summed E-state index contributed by atoms with van der Waals surface area (Å²) in [5, 5.41) is 7.31. The van der Waals surface area contributed by atoms with Gasteiger partial charge in [0.2, 0.25) is 0 Å². The smallest absolute Gasteiger partial charge is 0.143 e. The van der Waals surface area contributed by atoms with Gasteiger partial charge in [-0.1, -0.05) is 127 Å². The zero-order chi connectivity index (χ0) is 33.0. The van der Waals surface area contributed by atoms with Crippen LogP contribution in [0.4, 0.5) is 0 Å².